The van der Waals surface area contributed by atoms with Gasteiger partial charge in [-0.2, -0.15) is 0 Å². The minimum absolute atomic E-state index is 0.0646. The molecule has 3 N–H and O–H groups in total. The number of sulfone groups is 1. The Kier molecular flexibility index (Phi) is 3.35. The van der Waals surface area contributed by atoms with Crippen LogP contribution in [0.2, 0.25) is 0 Å². The lowest BCUT2D eigenvalue weighted by Gasteiger charge is -2.07. The van der Waals surface area contributed by atoms with Crippen molar-refractivity contribution >= 4 is 15.5 Å². The highest BCUT2D eigenvalue weighted by Crippen LogP contribution is 2.29. The second kappa shape index (κ2) is 4.81. The summed E-state index contributed by atoms with van der Waals surface area (Å²) in [6, 6.07) is 10.5. The third kappa shape index (κ3) is 3.17. The molecule has 0 heterocycles. The molecular formula is C13H13NO4S. The van der Waals surface area contributed by atoms with E-state index in [1.807, 2.05) is 0 Å². The van der Waals surface area contributed by atoms with E-state index in [9.17, 15) is 13.5 Å². The molecule has 0 fully saturated rings. The molecule has 2 rings (SSSR count). The third-order valence-corrected chi connectivity index (χ3v) is 3.62. The van der Waals surface area contributed by atoms with E-state index in [0.717, 1.165) is 6.26 Å². The maximum atomic E-state index is 11.3. The minimum Gasteiger partial charge on any atom is -0.506 e. The minimum atomic E-state index is -3.22. The smallest absolute Gasteiger partial charge is 0.175 e. The summed E-state index contributed by atoms with van der Waals surface area (Å²) in [7, 11) is -3.22. The van der Waals surface area contributed by atoms with Crippen LogP contribution in [0.4, 0.5) is 5.69 Å². The van der Waals surface area contributed by atoms with E-state index in [-0.39, 0.29) is 16.3 Å². The van der Waals surface area contributed by atoms with Crippen molar-refractivity contribution in [3.8, 4) is 17.2 Å². The Morgan fingerprint density at radius 3 is 2.16 bits per heavy atom. The number of ether oxygens (including phenoxy) is 1. The molecule has 0 aromatic heterocycles. The highest BCUT2D eigenvalue weighted by Gasteiger charge is 2.07. The second-order valence-electron chi connectivity index (χ2n) is 4.07. The number of phenols is 1. The Balaban J connectivity index is 2.22. The third-order valence-electron chi connectivity index (χ3n) is 2.49. The van der Waals surface area contributed by atoms with Crippen LogP contribution in [0.25, 0.3) is 0 Å². The Bertz CT molecular complexity index is 693. The van der Waals surface area contributed by atoms with Crippen LogP contribution >= 0.6 is 0 Å². The van der Waals surface area contributed by atoms with E-state index in [4.69, 9.17) is 10.5 Å². The number of aromatic hydroxyl groups is 1. The van der Waals surface area contributed by atoms with Crippen molar-refractivity contribution < 1.29 is 18.3 Å². The lowest BCUT2D eigenvalue weighted by molar-refractivity contribution is 0.457. The molecule has 0 aliphatic carbocycles. The zero-order valence-electron chi connectivity index (χ0n) is 10.2. The van der Waals surface area contributed by atoms with Crippen LogP contribution in [0.1, 0.15) is 0 Å². The Hall–Kier alpha value is -2.21. The predicted octanol–water partition coefficient (Wildman–Crippen LogP) is 2.17. The normalized spacial score (nSPS) is 11.2. The van der Waals surface area contributed by atoms with Crippen LogP contribution < -0.4 is 10.5 Å². The zero-order chi connectivity index (χ0) is 14.0. The molecule has 5 nitrogen and oxygen atoms in total. The SMILES string of the molecule is CS(=O)(=O)c1ccc(Oc2ccc(N)c(O)c2)cc1. The van der Waals surface area contributed by atoms with Crippen LogP contribution in [0.15, 0.2) is 47.4 Å². The average Bonchev–Trinajstić information content (AvgIpc) is 2.33. The summed E-state index contributed by atoms with van der Waals surface area (Å²) in [5.74, 6) is 0.820. The van der Waals surface area contributed by atoms with Gasteiger partial charge in [0.05, 0.1) is 10.6 Å². The molecule has 2 aromatic rings. The lowest BCUT2D eigenvalue weighted by Crippen LogP contribution is -1.96. The molecule has 100 valence electrons. The summed E-state index contributed by atoms with van der Waals surface area (Å²) in [6.07, 6.45) is 1.14. The van der Waals surface area contributed by atoms with Gasteiger partial charge in [0.25, 0.3) is 0 Å². The van der Waals surface area contributed by atoms with Gasteiger partial charge < -0.3 is 15.6 Å². The van der Waals surface area contributed by atoms with Gasteiger partial charge in [-0.15, -0.1) is 0 Å². The Morgan fingerprint density at radius 1 is 1.05 bits per heavy atom. The van der Waals surface area contributed by atoms with E-state index in [1.54, 1.807) is 18.2 Å². The molecule has 0 saturated heterocycles. The molecule has 6 heteroatoms. The first-order chi connectivity index (χ1) is 8.86. The molecule has 2 aromatic carbocycles. The molecule has 0 aliphatic heterocycles. The fraction of sp³-hybridized carbons (Fsp3) is 0.0769. The van der Waals surface area contributed by atoms with Gasteiger partial charge in [0, 0.05) is 12.3 Å². The molecule has 0 saturated carbocycles. The van der Waals surface area contributed by atoms with E-state index in [0.29, 0.717) is 11.5 Å². The van der Waals surface area contributed by atoms with Crippen LogP contribution in [-0.4, -0.2) is 19.8 Å². The van der Waals surface area contributed by atoms with Gasteiger partial charge in [-0.3, -0.25) is 0 Å². The standard InChI is InChI=1S/C13H13NO4S/c1-19(16,17)11-5-2-9(3-6-11)18-10-4-7-12(14)13(15)8-10/h2-8,15H,14H2,1H3. The van der Waals surface area contributed by atoms with Crippen molar-refractivity contribution in [2.45, 2.75) is 4.90 Å². The number of hydrogen-bond acceptors (Lipinski definition) is 5. The first-order valence-corrected chi connectivity index (χ1v) is 7.32. The molecule has 0 amide bonds. The molecule has 0 unspecified atom stereocenters. The maximum absolute atomic E-state index is 11.3. The van der Waals surface area contributed by atoms with Gasteiger partial charge >= 0.3 is 0 Å². The van der Waals surface area contributed by atoms with Gasteiger partial charge in [-0.25, -0.2) is 8.42 Å². The number of rotatable bonds is 3. The first-order valence-electron chi connectivity index (χ1n) is 5.43. The summed E-state index contributed by atoms with van der Waals surface area (Å²) in [6.45, 7) is 0. The Labute approximate surface area is 111 Å². The Morgan fingerprint density at radius 2 is 1.63 bits per heavy atom. The van der Waals surface area contributed by atoms with Crippen LogP contribution in [-0.2, 0) is 9.84 Å². The molecule has 0 aliphatic rings. The lowest BCUT2D eigenvalue weighted by atomic mass is 10.3. The van der Waals surface area contributed by atoms with Gasteiger partial charge in [-0.05, 0) is 36.4 Å². The fourth-order valence-corrected chi connectivity index (χ4v) is 2.11. The molecule has 0 spiro atoms. The summed E-state index contributed by atoms with van der Waals surface area (Å²) in [5.41, 5.74) is 5.74. The summed E-state index contributed by atoms with van der Waals surface area (Å²) in [5, 5.41) is 9.44. The van der Waals surface area contributed by atoms with Crippen molar-refractivity contribution in [1.82, 2.24) is 0 Å². The van der Waals surface area contributed by atoms with E-state index >= 15 is 0 Å². The highest BCUT2D eigenvalue weighted by molar-refractivity contribution is 7.90. The van der Waals surface area contributed by atoms with Crippen molar-refractivity contribution in [2.24, 2.45) is 0 Å². The number of nitrogen functional groups attached to an aromatic ring is 1. The van der Waals surface area contributed by atoms with Gasteiger partial charge in [0.15, 0.2) is 9.84 Å². The van der Waals surface area contributed by atoms with Gasteiger partial charge in [-0.1, -0.05) is 0 Å². The number of phenolic OH excluding ortho intramolecular Hbond substituents is 1. The molecular weight excluding hydrogens is 266 g/mol. The van der Waals surface area contributed by atoms with E-state index in [2.05, 4.69) is 0 Å². The zero-order valence-corrected chi connectivity index (χ0v) is 11.0. The first kappa shape index (κ1) is 13.2. The van der Waals surface area contributed by atoms with Crippen molar-refractivity contribution in [3.05, 3.63) is 42.5 Å². The summed E-state index contributed by atoms with van der Waals surface area (Å²) in [4.78, 5) is 0.222. The van der Waals surface area contributed by atoms with Crippen molar-refractivity contribution in [1.29, 1.82) is 0 Å². The number of anilines is 1. The topological polar surface area (TPSA) is 89.6 Å². The van der Waals surface area contributed by atoms with E-state index < -0.39 is 9.84 Å². The van der Waals surface area contributed by atoms with Crippen molar-refractivity contribution in [2.75, 3.05) is 12.0 Å². The number of nitrogens with two attached hydrogens (primary N) is 1. The van der Waals surface area contributed by atoms with Crippen LogP contribution in [0.3, 0.4) is 0 Å². The molecule has 0 radical (unpaired) electrons. The monoisotopic (exact) mass is 279 g/mol. The largest absolute Gasteiger partial charge is 0.506 e. The summed E-state index contributed by atoms with van der Waals surface area (Å²) >= 11 is 0. The fourth-order valence-electron chi connectivity index (χ4n) is 1.48. The highest BCUT2D eigenvalue weighted by atomic mass is 32.2. The van der Waals surface area contributed by atoms with E-state index in [1.165, 1.54) is 24.3 Å². The van der Waals surface area contributed by atoms with Crippen molar-refractivity contribution in [3.63, 3.8) is 0 Å². The quantitative estimate of drug-likeness (QED) is 0.664. The maximum Gasteiger partial charge on any atom is 0.175 e. The molecule has 0 atom stereocenters. The molecule has 19 heavy (non-hydrogen) atoms. The van der Waals surface area contributed by atoms with Crippen LogP contribution in [0, 0.1) is 0 Å². The number of benzene rings is 2. The van der Waals surface area contributed by atoms with Gasteiger partial charge in [0.1, 0.15) is 17.2 Å². The number of hydrogen-bond donors (Lipinski definition) is 2. The second-order valence-corrected chi connectivity index (χ2v) is 6.08. The van der Waals surface area contributed by atoms with Crippen LogP contribution in [0.5, 0.6) is 17.2 Å². The van der Waals surface area contributed by atoms with Gasteiger partial charge in [0.2, 0.25) is 0 Å². The summed E-state index contributed by atoms with van der Waals surface area (Å²) < 4.78 is 28.1. The molecule has 0 bridgehead atoms. The predicted molar refractivity (Wildman–Crippen MR) is 72.1 cm³/mol. The average molecular weight is 279 g/mol.